The van der Waals surface area contributed by atoms with Crippen molar-refractivity contribution in [2.24, 2.45) is 0 Å². The average molecular weight is 488 g/mol. The lowest BCUT2D eigenvalue weighted by Gasteiger charge is -2.19. The van der Waals surface area contributed by atoms with Crippen molar-refractivity contribution in [3.63, 3.8) is 0 Å². The average Bonchev–Trinajstić information content (AvgIpc) is 3.38. The van der Waals surface area contributed by atoms with Crippen LogP contribution in [0.5, 0.6) is 5.75 Å². The maximum absolute atomic E-state index is 9.96. The van der Waals surface area contributed by atoms with E-state index in [-0.39, 0.29) is 23.9 Å². The number of hydrogen-bond acceptors (Lipinski definition) is 7. The van der Waals surface area contributed by atoms with Gasteiger partial charge in [-0.3, -0.25) is 4.98 Å². The molecule has 2 aromatic heterocycles. The molecule has 1 aromatic carbocycles. The first-order valence-corrected chi connectivity index (χ1v) is 11.4. The molecule has 0 radical (unpaired) electrons. The van der Waals surface area contributed by atoms with Gasteiger partial charge in [-0.1, -0.05) is 35.3 Å². The van der Waals surface area contributed by atoms with Crippen LogP contribution in [0.25, 0.3) is 11.1 Å². The van der Waals surface area contributed by atoms with Gasteiger partial charge in [0.15, 0.2) is 11.6 Å². The number of nitrogen functional groups attached to an aromatic ring is 1. The molecule has 0 bridgehead atoms. The number of nitrogens with zero attached hydrogens (tertiary/aromatic N) is 2. The van der Waals surface area contributed by atoms with Gasteiger partial charge >= 0.3 is 0 Å². The number of rotatable bonds is 5. The van der Waals surface area contributed by atoms with E-state index >= 15 is 0 Å². The molecule has 0 aliphatic carbocycles. The zero-order valence-corrected chi connectivity index (χ0v) is 19.3. The third kappa shape index (κ3) is 4.27. The molecule has 5 atom stereocenters. The lowest BCUT2D eigenvalue weighted by molar-refractivity contribution is 0.0181. The quantitative estimate of drug-likeness (QED) is 0.549. The Morgan fingerprint density at radius 2 is 1.76 bits per heavy atom. The highest BCUT2D eigenvalue weighted by molar-refractivity contribution is 6.36. The van der Waals surface area contributed by atoms with E-state index in [1.165, 1.54) is 0 Å². The van der Waals surface area contributed by atoms with Crippen molar-refractivity contribution < 1.29 is 19.3 Å². The van der Waals surface area contributed by atoms with E-state index in [1.807, 2.05) is 25.1 Å². The van der Waals surface area contributed by atoms with Gasteiger partial charge in [0.05, 0.1) is 25.2 Å². The van der Waals surface area contributed by atoms with E-state index in [4.69, 9.17) is 43.1 Å². The number of nitrogens with two attached hydrogens (primary N) is 1. The van der Waals surface area contributed by atoms with Crippen LogP contribution in [0.3, 0.4) is 0 Å². The van der Waals surface area contributed by atoms with Crippen molar-refractivity contribution in [2.45, 2.75) is 37.3 Å². The van der Waals surface area contributed by atoms with Crippen molar-refractivity contribution in [3.8, 4) is 16.9 Å². The van der Waals surface area contributed by atoms with Crippen LogP contribution in [-0.2, 0) is 9.47 Å². The Kier molecular flexibility index (Phi) is 6.16. The second kappa shape index (κ2) is 9.08. The third-order valence-electron chi connectivity index (χ3n) is 6.12. The Hall–Kier alpha value is -2.42. The predicted molar refractivity (Wildman–Crippen MR) is 126 cm³/mol. The lowest BCUT2D eigenvalue weighted by Crippen LogP contribution is -2.28. The van der Waals surface area contributed by atoms with Gasteiger partial charge in [0.1, 0.15) is 18.3 Å². The van der Waals surface area contributed by atoms with Crippen molar-refractivity contribution in [1.82, 2.24) is 9.97 Å². The van der Waals surface area contributed by atoms with E-state index in [2.05, 4.69) is 9.97 Å². The van der Waals surface area contributed by atoms with Crippen LogP contribution in [0, 0.1) is 0 Å². The Morgan fingerprint density at radius 1 is 1.03 bits per heavy atom. The summed E-state index contributed by atoms with van der Waals surface area (Å²) in [6.45, 7) is 2.62. The number of benzene rings is 1. The highest BCUT2D eigenvalue weighted by Gasteiger charge is 2.48. The highest BCUT2D eigenvalue weighted by atomic mass is 35.5. The zero-order chi connectivity index (χ0) is 23.1. The van der Waals surface area contributed by atoms with Gasteiger partial charge in [0.25, 0.3) is 0 Å². The summed E-state index contributed by atoms with van der Waals surface area (Å²) in [5.74, 6) is 0.690. The highest BCUT2D eigenvalue weighted by Crippen LogP contribution is 2.38. The van der Waals surface area contributed by atoms with Crippen LogP contribution < -0.4 is 10.5 Å². The monoisotopic (exact) mass is 487 g/mol. The summed E-state index contributed by atoms with van der Waals surface area (Å²) in [4.78, 5) is 8.92. The van der Waals surface area contributed by atoms with Crippen molar-refractivity contribution >= 4 is 29.0 Å². The van der Waals surface area contributed by atoms with E-state index in [1.54, 1.807) is 30.6 Å². The number of aromatic nitrogens is 2. The van der Waals surface area contributed by atoms with E-state index in [0.717, 1.165) is 16.8 Å². The van der Waals surface area contributed by atoms with Gasteiger partial charge in [-0.05, 0) is 31.2 Å². The molecule has 4 heterocycles. The first-order chi connectivity index (χ1) is 15.9. The topological polar surface area (TPSA) is 99.7 Å². The van der Waals surface area contributed by atoms with Gasteiger partial charge in [-0.2, -0.15) is 0 Å². The van der Waals surface area contributed by atoms with Crippen LogP contribution in [0.4, 0.5) is 5.82 Å². The SMILES string of the molecule is C[C@@H](Oc1cc(-c2ccc(C3COC4C3OC[C@H]4O)nc2)cnc1N)c1c(Cl)cccc1Cl. The summed E-state index contributed by atoms with van der Waals surface area (Å²) in [5, 5.41) is 11.0. The molecule has 3 aromatic rings. The van der Waals surface area contributed by atoms with Gasteiger partial charge in [0.2, 0.25) is 0 Å². The molecule has 172 valence electrons. The van der Waals surface area contributed by atoms with Crippen molar-refractivity contribution in [2.75, 3.05) is 18.9 Å². The van der Waals surface area contributed by atoms with Crippen molar-refractivity contribution in [1.29, 1.82) is 0 Å². The van der Waals surface area contributed by atoms with Crippen LogP contribution in [0.1, 0.15) is 30.2 Å². The van der Waals surface area contributed by atoms with Crippen LogP contribution in [0.15, 0.2) is 48.8 Å². The molecule has 0 amide bonds. The van der Waals surface area contributed by atoms with E-state index in [0.29, 0.717) is 34.6 Å². The summed E-state index contributed by atoms with van der Waals surface area (Å²) in [6.07, 6.45) is 1.99. The molecule has 2 aliphatic heterocycles. The minimum atomic E-state index is -0.582. The summed E-state index contributed by atoms with van der Waals surface area (Å²) in [7, 11) is 0. The van der Waals surface area contributed by atoms with Crippen LogP contribution in [0.2, 0.25) is 10.0 Å². The number of aliphatic hydroxyl groups excluding tert-OH is 1. The molecule has 2 saturated heterocycles. The summed E-state index contributed by atoms with van der Waals surface area (Å²) in [6, 6.07) is 11.1. The minimum absolute atomic E-state index is 0.00847. The molecule has 2 aliphatic rings. The maximum Gasteiger partial charge on any atom is 0.166 e. The fourth-order valence-corrected chi connectivity index (χ4v) is 5.09. The first-order valence-electron chi connectivity index (χ1n) is 10.7. The molecule has 7 nitrogen and oxygen atoms in total. The lowest BCUT2D eigenvalue weighted by atomic mass is 9.96. The number of pyridine rings is 2. The molecule has 5 rings (SSSR count). The second-order valence-electron chi connectivity index (χ2n) is 8.24. The van der Waals surface area contributed by atoms with Gasteiger partial charge in [0, 0.05) is 44.8 Å². The fraction of sp³-hybridized carbons (Fsp3) is 0.333. The van der Waals surface area contributed by atoms with Gasteiger partial charge < -0.3 is 25.1 Å². The van der Waals surface area contributed by atoms with Gasteiger partial charge in [-0.25, -0.2) is 4.98 Å². The van der Waals surface area contributed by atoms with Crippen LogP contribution >= 0.6 is 23.2 Å². The smallest absolute Gasteiger partial charge is 0.166 e. The largest absolute Gasteiger partial charge is 0.482 e. The third-order valence-corrected chi connectivity index (χ3v) is 6.78. The molecule has 9 heteroatoms. The summed E-state index contributed by atoms with van der Waals surface area (Å²) < 4.78 is 17.5. The number of ether oxygens (including phenoxy) is 3. The Morgan fingerprint density at radius 3 is 2.48 bits per heavy atom. The number of aliphatic hydroxyl groups is 1. The maximum atomic E-state index is 9.96. The molecular weight excluding hydrogens is 465 g/mol. The second-order valence-corrected chi connectivity index (χ2v) is 9.06. The first kappa shape index (κ1) is 22.4. The van der Waals surface area contributed by atoms with Crippen molar-refractivity contribution in [3.05, 3.63) is 70.1 Å². The Labute approximate surface area is 201 Å². The predicted octanol–water partition coefficient (Wildman–Crippen LogP) is 4.41. The Balaban J connectivity index is 1.36. The number of hydrogen-bond donors (Lipinski definition) is 2. The zero-order valence-electron chi connectivity index (χ0n) is 17.8. The number of halogens is 2. The molecule has 2 fully saturated rings. The normalized spacial score (nSPS) is 25.1. The molecule has 0 saturated carbocycles. The minimum Gasteiger partial charge on any atom is -0.482 e. The number of anilines is 1. The van der Waals surface area contributed by atoms with E-state index in [9.17, 15) is 5.11 Å². The van der Waals surface area contributed by atoms with Gasteiger partial charge in [-0.15, -0.1) is 0 Å². The summed E-state index contributed by atoms with van der Waals surface area (Å²) >= 11 is 12.6. The molecule has 3 N–H and O–H groups in total. The molecule has 0 spiro atoms. The Bertz CT molecular complexity index is 1140. The molecule has 3 unspecified atom stereocenters. The summed E-state index contributed by atoms with van der Waals surface area (Å²) in [5.41, 5.74) is 9.30. The fourth-order valence-electron chi connectivity index (χ4n) is 4.38. The number of fused-ring (bicyclic) bond motifs is 1. The standard InChI is InChI=1S/C24H23Cl2N3O4/c1-12(21-16(25)3-2-4-17(21)26)33-20-7-14(9-29-24(20)27)13-5-6-18(28-8-13)15-10-31-23-19(30)11-32-22(15)23/h2-9,12,15,19,22-23,30H,10-11H2,1H3,(H2,27,29)/t12-,15?,19-,22?,23?/m1/s1. The van der Waals surface area contributed by atoms with E-state index < -0.39 is 12.2 Å². The molecule has 33 heavy (non-hydrogen) atoms. The molecular formula is C24H23Cl2N3O4. The van der Waals surface area contributed by atoms with Crippen LogP contribution in [-0.4, -0.2) is 46.6 Å².